The Labute approximate surface area is 195 Å². The largest absolute Gasteiger partial charge is 0.463 e. The first-order chi connectivity index (χ1) is 16.3. The summed E-state index contributed by atoms with van der Waals surface area (Å²) in [5.74, 6) is -0.694. The maximum atomic E-state index is 12.0. The van der Waals surface area contributed by atoms with Crippen molar-refractivity contribution >= 4 is 17.6 Å². The van der Waals surface area contributed by atoms with Crippen molar-refractivity contribution in [3.05, 3.63) is 70.3 Å². The summed E-state index contributed by atoms with van der Waals surface area (Å²) in [5.41, 5.74) is 0.678. The van der Waals surface area contributed by atoms with Gasteiger partial charge in [-0.15, -0.1) is 0 Å². The molecular formula is C23H24N2O9. The van der Waals surface area contributed by atoms with Crippen LogP contribution in [0, 0.1) is 10.1 Å². The number of non-ortho nitro benzene ring substituents is 1. The van der Waals surface area contributed by atoms with Crippen LogP contribution in [0.3, 0.4) is 0 Å². The van der Waals surface area contributed by atoms with E-state index >= 15 is 0 Å². The maximum absolute atomic E-state index is 12.0. The van der Waals surface area contributed by atoms with Crippen LogP contribution in [0.4, 0.5) is 5.69 Å². The van der Waals surface area contributed by atoms with Gasteiger partial charge in [0.15, 0.2) is 12.4 Å². The van der Waals surface area contributed by atoms with Crippen molar-refractivity contribution in [3.8, 4) is 5.75 Å². The molecule has 0 saturated carbocycles. The van der Waals surface area contributed by atoms with Gasteiger partial charge in [-0.3, -0.25) is 19.7 Å². The summed E-state index contributed by atoms with van der Waals surface area (Å²) in [6, 6.07) is 13.7. The molecule has 2 aromatic rings. The summed E-state index contributed by atoms with van der Waals surface area (Å²) in [6.45, 7) is 2.70. The molecule has 0 radical (unpaired) electrons. The number of nitro groups is 1. The van der Waals surface area contributed by atoms with E-state index in [-0.39, 0.29) is 18.0 Å². The Balaban J connectivity index is 1.60. The van der Waals surface area contributed by atoms with E-state index in [1.807, 2.05) is 30.3 Å². The Bertz CT molecular complexity index is 1030. The third-order valence-electron chi connectivity index (χ3n) is 5.38. The van der Waals surface area contributed by atoms with E-state index in [0.29, 0.717) is 0 Å². The van der Waals surface area contributed by atoms with E-state index in [1.54, 1.807) is 0 Å². The van der Waals surface area contributed by atoms with Gasteiger partial charge in [0.05, 0.1) is 11.5 Å². The van der Waals surface area contributed by atoms with Crippen LogP contribution in [0.1, 0.15) is 25.7 Å². The summed E-state index contributed by atoms with van der Waals surface area (Å²) in [5, 5.41) is 13.7. The first-order valence-electron chi connectivity index (χ1n) is 10.6. The summed E-state index contributed by atoms with van der Waals surface area (Å²) >= 11 is 0. The number of carbonyl (C=O) groups excluding carboxylic acids is 2. The van der Waals surface area contributed by atoms with Crippen molar-refractivity contribution in [1.82, 2.24) is 5.32 Å². The van der Waals surface area contributed by atoms with Crippen LogP contribution in [-0.4, -0.2) is 54.1 Å². The first kappa shape index (κ1) is 23.6. The SMILES string of the molecule is CC(=O)N[C@H]1[C@H](Oc2ccc([N+](=O)[O-])cc2)O[C@@H]2COC(c3ccccc3)O[C@H]2[C@@H]1OC(C)=O. The van der Waals surface area contributed by atoms with Crippen LogP contribution < -0.4 is 10.1 Å². The minimum absolute atomic E-state index is 0.103. The van der Waals surface area contributed by atoms with Crippen molar-refractivity contribution in [2.75, 3.05) is 6.61 Å². The third-order valence-corrected chi connectivity index (χ3v) is 5.38. The van der Waals surface area contributed by atoms with Crippen LogP contribution in [0.5, 0.6) is 5.75 Å². The van der Waals surface area contributed by atoms with Crippen LogP contribution in [0.2, 0.25) is 0 Å². The van der Waals surface area contributed by atoms with Crippen LogP contribution in [0.15, 0.2) is 54.6 Å². The standard InChI is InChI=1S/C23H24N2O9/c1-13(26)24-19-21(31-14(2)27)20-18(12-30-22(34-20)15-6-4-3-5-7-15)33-23(19)32-17-10-8-16(9-11-17)25(28)29/h3-11,18-23H,12H2,1-2H3,(H,24,26)/t18-,19-,20-,21-,22?,23-/m1/s1. The molecular weight excluding hydrogens is 448 g/mol. The number of rotatable bonds is 6. The molecule has 4 rings (SSSR count). The second-order valence-electron chi connectivity index (χ2n) is 7.89. The molecule has 2 saturated heterocycles. The number of ether oxygens (including phenoxy) is 5. The zero-order valence-corrected chi connectivity index (χ0v) is 18.5. The van der Waals surface area contributed by atoms with Gasteiger partial charge in [-0.1, -0.05) is 30.3 Å². The Morgan fingerprint density at radius 1 is 1.06 bits per heavy atom. The van der Waals surface area contributed by atoms with Crippen LogP contribution >= 0.6 is 0 Å². The lowest BCUT2D eigenvalue weighted by molar-refractivity contribution is -0.384. The average Bonchev–Trinajstić information content (AvgIpc) is 2.81. The zero-order valence-electron chi connectivity index (χ0n) is 18.5. The van der Waals surface area contributed by atoms with Gasteiger partial charge in [0.25, 0.3) is 5.69 Å². The molecule has 0 aliphatic carbocycles. The lowest BCUT2D eigenvalue weighted by Crippen LogP contribution is -2.68. The Kier molecular flexibility index (Phi) is 7.06. The molecule has 0 aromatic heterocycles. The van der Waals surface area contributed by atoms with Crippen LogP contribution in [0.25, 0.3) is 0 Å². The van der Waals surface area contributed by atoms with E-state index in [2.05, 4.69) is 5.32 Å². The molecule has 2 aromatic carbocycles. The van der Waals surface area contributed by atoms with Crippen molar-refractivity contribution in [3.63, 3.8) is 0 Å². The number of benzene rings is 2. The number of fused-ring (bicyclic) bond motifs is 1. The van der Waals surface area contributed by atoms with Crippen LogP contribution in [-0.2, 0) is 28.5 Å². The summed E-state index contributed by atoms with van der Waals surface area (Å²) in [6.07, 6.45) is -4.17. The molecule has 2 heterocycles. The van der Waals surface area contributed by atoms with Gasteiger partial charge in [-0.2, -0.15) is 0 Å². The third kappa shape index (κ3) is 5.33. The number of hydrogen-bond acceptors (Lipinski definition) is 9. The molecule has 6 atom stereocenters. The summed E-state index contributed by atoms with van der Waals surface area (Å²) in [4.78, 5) is 34.4. The molecule has 0 spiro atoms. The van der Waals surface area contributed by atoms with E-state index in [4.69, 9.17) is 23.7 Å². The fourth-order valence-corrected chi connectivity index (χ4v) is 3.95. The molecule has 11 heteroatoms. The Morgan fingerprint density at radius 3 is 2.38 bits per heavy atom. The normalized spacial score (nSPS) is 28.3. The highest BCUT2D eigenvalue weighted by atomic mass is 16.8. The van der Waals surface area contributed by atoms with Gasteiger partial charge < -0.3 is 29.0 Å². The number of nitrogens with one attached hydrogen (secondary N) is 1. The van der Waals surface area contributed by atoms with Crippen molar-refractivity contribution in [2.24, 2.45) is 0 Å². The first-order valence-corrected chi connectivity index (χ1v) is 10.6. The molecule has 2 aliphatic heterocycles. The smallest absolute Gasteiger partial charge is 0.303 e. The molecule has 1 unspecified atom stereocenters. The molecule has 1 amide bonds. The van der Waals surface area contributed by atoms with E-state index in [0.717, 1.165) is 5.56 Å². The number of nitro benzene ring substituents is 1. The van der Waals surface area contributed by atoms with Gasteiger partial charge in [0, 0.05) is 31.5 Å². The topological polar surface area (TPSA) is 135 Å². The molecule has 34 heavy (non-hydrogen) atoms. The van der Waals surface area contributed by atoms with E-state index in [9.17, 15) is 19.7 Å². The predicted molar refractivity (Wildman–Crippen MR) is 116 cm³/mol. The molecule has 0 bridgehead atoms. The maximum Gasteiger partial charge on any atom is 0.303 e. The minimum Gasteiger partial charge on any atom is -0.463 e. The number of carbonyl (C=O) groups is 2. The number of esters is 1. The fourth-order valence-electron chi connectivity index (χ4n) is 3.95. The van der Waals surface area contributed by atoms with Gasteiger partial charge >= 0.3 is 5.97 Å². The van der Waals surface area contributed by atoms with Crippen molar-refractivity contribution < 1.29 is 38.2 Å². The number of nitrogens with zero attached hydrogens (tertiary/aromatic N) is 1. The number of amides is 1. The second kappa shape index (κ2) is 10.2. The second-order valence-corrected chi connectivity index (χ2v) is 7.89. The lowest BCUT2D eigenvalue weighted by atomic mass is 9.95. The molecule has 1 N–H and O–H groups in total. The zero-order chi connectivity index (χ0) is 24.2. The molecule has 2 aliphatic rings. The Morgan fingerprint density at radius 2 is 1.76 bits per heavy atom. The fraction of sp³-hybridized carbons (Fsp3) is 0.391. The van der Waals surface area contributed by atoms with E-state index < -0.39 is 53.7 Å². The van der Waals surface area contributed by atoms with Gasteiger partial charge in [0.2, 0.25) is 12.2 Å². The highest BCUT2D eigenvalue weighted by Crippen LogP contribution is 2.36. The molecule has 180 valence electrons. The average molecular weight is 472 g/mol. The monoisotopic (exact) mass is 472 g/mol. The van der Waals surface area contributed by atoms with E-state index in [1.165, 1.54) is 38.1 Å². The Hall–Kier alpha value is -3.54. The molecule has 2 fully saturated rings. The highest BCUT2D eigenvalue weighted by Gasteiger charge is 2.53. The van der Waals surface area contributed by atoms with Gasteiger partial charge in [-0.05, 0) is 12.1 Å². The summed E-state index contributed by atoms with van der Waals surface area (Å²) < 4.78 is 29.6. The van der Waals surface area contributed by atoms with Gasteiger partial charge in [0.1, 0.15) is 24.0 Å². The predicted octanol–water partition coefficient (Wildman–Crippen LogP) is 2.25. The van der Waals surface area contributed by atoms with Gasteiger partial charge in [-0.25, -0.2) is 0 Å². The minimum atomic E-state index is -1.09. The summed E-state index contributed by atoms with van der Waals surface area (Å²) in [7, 11) is 0. The van der Waals surface area contributed by atoms with Crippen molar-refractivity contribution in [1.29, 1.82) is 0 Å². The molecule has 11 nitrogen and oxygen atoms in total. The quantitative estimate of drug-likeness (QED) is 0.381. The lowest BCUT2D eigenvalue weighted by Gasteiger charge is -2.48. The highest BCUT2D eigenvalue weighted by molar-refractivity contribution is 5.73. The number of hydrogen-bond donors (Lipinski definition) is 1. The van der Waals surface area contributed by atoms with Crippen molar-refractivity contribution in [2.45, 2.75) is 50.8 Å².